The number of aliphatic hydroxyl groups excluding tert-OH is 1. The van der Waals surface area contributed by atoms with Gasteiger partial charge < -0.3 is 15.7 Å². The highest BCUT2D eigenvalue weighted by atomic mass is 16.3. The van der Waals surface area contributed by atoms with Gasteiger partial charge in [0, 0.05) is 12.6 Å². The van der Waals surface area contributed by atoms with E-state index in [2.05, 4.69) is 27.5 Å². The lowest BCUT2D eigenvalue weighted by Crippen LogP contribution is -2.16. The van der Waals surface area contributed by atoms with Crippen LogP contribution in [0.4, 0.5) is 11.6 Å². The molecule has 0 amide bonds. The standard InChI is InChI=1S/C15H20N4O/c1-2-8-16-14-9-15(18-11-17-14)19-13(10-20)12-6-4-3-5-7-12/h3-7,9,11,13,20H,2,8,10H2,1H3,(H2,16,17,18,19). The molecule has 1 unspecified atom stereocenters. The third-order valence-electron chi connectivity index (χ3n) is 2.93. The van der Waals surface area contributed by atoms with E-state index in [1.54, 1.807) is 0 Å². The lowest BCUT2D eigenvalue weighted by Gasteiger charge is -2.17. The predicted octanol–water partition coefficient (Wildman–Crippen LogP) is 2.44. The third-order valence-corrected chi connectivity index (χ3v) is 2.93. The maximum Gasteiger partial charge on any atom is 0.132 e. The monoisotopic (exact) mass is 272 g/mol. The minimum atomic E-state index is -0.176. The molecular weight excluding hydrogens is 252 g/mol. The molecule has 1 heterocycles. The van der Waals surface area contributed by atoms with Gasteiger partial charge in [0.05, 0.1) is 12.6 Å². The van der Waals surface area contributed by atoms with Crippen molar-refractivity contribution in [2.45, 2.75) is 19.4 Å². The van der Waals surface area contributed by atoms with E-state index >= 15 is 0 Å². The number of aromatic nitrogens is 2. The lowest BCUT2D eigenvalue weighted by atomic mass is 10.1. The zero-order valence-electron chi connectivity index (χ0n) is 11.6. The summed E-state index contributed by atoms with van der Waals surface area (Å²) < 4.78 is 0. The van der Waals surface area contributed by atoms with Crippen LogP contribution >= 0.6 is 0 Å². The lowest BCUT2D eigenvalue weighted by molar-refractivity contribution is 0.276. The Balaban J connectivity index is 2.07. The van der Waals surface area contributed by atoms with Crippen LogP contribution in [0.1, 0.15) is 24.9 Å². The number of aliphatic hydroxyl groups is 1. The van der Waals surface area contributed by atoms with Gasteiger partial charge in [0.1, 0.15) is 18.0 Å². The summed E-state index contributed by atoms with van der Waals surface area (Å²) in [5, 5.41) is 16.0. The average molecular weight is 272 g/mol. The molecule has 0 bridgehead atoms. The Morgan fingerprint density at radius 1 is 1.15 bits per heavy atom. The van der Waals surface area contributed by atoms with Crippen LogP contribution < -0.4 is 10.6 Å². The molecule has 0 aliphatic carbocycles. The van der Waals surface area contributed by atoms with Crippen LogP contribution in [0.3, 0.4) is 0 Å². The van der Waals surface area contributed by atoms with E-state index in [0.29, 0.717) is 5.82 Å². The third kappa shape index (κ3) is 3.93. The van der Waals surface area contributed by atoms with E-state index in [4.69, 9.17) is 0 Å². The fraction of sp³-hybridized carbons (Fsp3) is 0.333. The number of benzene rings is 1. The first kappa shape index (κ1) is 14.3. The average Bonchev–Trinajstić information content (AvgIpc) is 2.52. The summed E-state index contributed by atoms with van der Waals surface area (Å²) in [6.07, 6.45) is 2.55. The van der Waals surface area contributed by atoms with Crippen LogP contribution in [-0.4, -0.2) is 28.2 Å². The van der Waals surface area contributed by atoms with Crippen LogP contribution in [-0.2, 0) is 0 Å². The van der Waals surface area contributed by atoms with E-state index in [0.717, 1.165) is 24.3 Å². The Morgan fingerprint density at radius 3 is 2.60 bits per heavy atom. The molecule has 3 N–H and O–H groups in total. The fourth-order valence-electron chi connectivity index (χ4n) is 1.88. The highest BCUT2D eigenvalue weighted by Gasteiger charge is 2.10. The molecule has 0 spiro atoms. The Morgan fingerprint density at radius 2 is 1.90 bits per heavy atom. The molecule has 0 fully saturated rings. The number of hydrogen-bond acceptors (Lipinski definition) is 5. The van der Waals surface area contributed by atoms with Gasteiger partial charge in [0.25, 0.3) is 0 Å². The maximum atomic E-state index is 9.53. The second-order valence-electron chi connectivity index (χ2n) is 4.51. The minimum Gasteiger partial charge on any atom is -0.394 e. The van der Waals surface area contributed by atoms with Crippen molar-refractivity contribution in [3.8, 4) is 0 Å². The number of nitrogens with one attached hydrogen (secondary N) is 2. The summed E-state index contributed by atoms with van der Waals surface area (Å²) in [4.78, 5) is 8.35. The van der Waals surface area contributed by atoms with Gasteiger partial charge in [-0.05, 0) is 12.0 Å². The predicted molar refractivity (Wildman–Crippen MR) is 80.7 cm³/mol. The Hall–Kier alpha value is -2.14. The minimum absolute atomic E-state index is 0.00569. The van der Waals surface area contributed by atoms with Gasteiger partial charge in [0.2, 0.25) is 0 Å². The van der Waals surface area contributed by atoms with Gasteiger partial charge in [-0.2, -0.15) is 0 Å². The van der Waals surface area contributed by atoms with Gasteiger partial charge in [-0.3, -0.25) is 0 Å². The summed E-state index contributed by atoms with van der Waals surface area (Å²) in [5.41, 5.74) is 1.02. The molecular formula is C15H20N4O. The van der Waals surface area contributed by atoms with Crippen molar-refractivity contribution in [2.24, 2.45) is 0 Å². The summed E-state index contributed by atoms with van der Waals surface area (Å²) in [6, 6.07) is 11.5. The molecule has 5 nitrogen and oxygen atoms in total. The molecule has 5 heteroatoms. The smallest absolute Gasteiger partial charge is 0.132 e. The van der Waals surface area contributed by atoms with Gasteiger partial charge in [-0.15, -0.1) is 0 Å². The second-order valence-corrected chi connectivity index (χ2v) is 4.51. The van der Waals surface area contributed by atoms with Gasteiger partial charge in [0.15, 0.2) is 0 Å². The molecule has 0 saturated heterocycles. The van der Waals surface area contributed by atoms with Crippen molar-refractivity contribution < 1.29 is 5.11 Å². The van der Waals surface area contributed by atoms with Crippen LogP contribution in [0.5, 0.6) is 0 Å². The first-order valence-corrected chi connectivity index (χ1v) is 6.81. The zero-order valence-corrected chi connectivity index (χ0v) is 11.6. The van der Waals surface area contributed by atoms with E-state index < -0.39 is 0 Å². The molecule has 2 aromatic rings. The second kappa shape index (κ2) is 7.45. The molecule has 0 aliphatic rings. The van der Waals surface area contributed by atoms with Crippen molar-refractivity contribution in [3.63, 3.8) is 0 Å². The van der Waals surface area contributed by atoms with Crippen LogP contribution in [0, 0.1) is 0 Å². The van der Waals surface area contributed by atoms with E-state index in [1.807, 2.05) is 36.4 Å². The van der Waals surface area contributed by atoms with E-state index in [1.165, 1.54) is 6.33 Å². The Kier molecular flexibility index (Phi) is 5.32. The molecule has 0 radical (unpaired) electrons. The zero-order chi connectivity index (χ0) is 14.2. The fourth-order valence-corrected chi connectivity index (χ4v) is 1.88. The van der Waals surface area contributed by atoms with Crippen molar-refractivity contribution >= 4 is 11.6 Å². The molecule has 0 aliphatic heterocycles. The molecule has 1 aromatic heterocycles. The van der Waals surface area contributed by atoms with Crippen molar-refractivity contribution in [1.29, 1.82) is 0 Å². The molecule has 106 valence electrons. The highest BCUT2D eigenvalue weighted by molar-refractivity contribution is 5.47. The molecule has 2 rings (SSSR count). The molecule has 1 atom stereocenters. The summed E-state index contributed by atoms with van der Waals surface area (Å²) in [7, 11) is 0. The first-order chi connectivity index (χ1) is 9.83. The maximum absolute atomic E-state index is 9.53. The van der Waals surface area contributed by atoms with Gasteiger partial charge >= 0.3 is 0 Å². The summed E-state index contributed by atoms with van der Waals surface area (Å²) >= 11 is 0. The molecule has 0 saturated carbocycles. The normalized spacial score (nSPS) is 11.9. The Bertz CT molecular complexity index is 518. The van der Waals surface area contributed by atoms with Crippen LogP contribution in [0.15, 0.2) is 42.7 Å². The highest BCUT2D eigenvalue weighted by Crippen LogP contribution is 2.18. The quantitative estimate of drug-likeness (QED) is 0.722. The molecule has 20 heavy (non-hydrogen) atoms. The molecule has 1 aromatic carbocycles. The largest absolute Gasteiger partial charge is 0.394 e. The topological polar surface area (TPSA) is 70.1 Å². The van der Waals surface area contributed by atoms with Gasteiger partial charge in [-0.1, -0.05) is 37.3 Å². The summed E-state index contributed by atoms with van der Waals surface area (Å²) in [6.45, 7) is 2.98. The van der Waals surface area contributed by atoms with Crippen LogP contribution in [0.2, 0.25) is 0 Å². The summed E-state index contributed by atoms with van der Waals surface area (Å²) in [5.74, 6) is 1.48. The van der Waals surface area contributed by atoms with Gasteiger partial charge in [-0.25, -0.2) is 9.97 Å². The van der Waals surface area contributed by atoms with Crippen molar-refractivity contribution in [3.05, 3.63) is 48.3 Å². The number of hydrogen-bond donors (Lipinski definition) is 3. The van der Waals surface area contributed by atoms with E-state index in [9.17, 15) is 5.11 Å². The number of rotatable bonds is 7. The van der Waals surface area contributed by atoms with E-state index in [-0.39, 0.29) is 12.6 Å². The SMILES string of the molecule is CCCNc1cc(NC(CO)c2ccccc2)ncn1. The number of anilines is 2. The van der Waals surface area contributed by atoms with Crippen molar-refractivity contribution in [1.82, 2.24) is 9.97 Å². The Labute approximate surface area is 119 Å². The van der Waals surface area contributed by atoms with Crippen molar-refractivity contribution in [2.75, 3.05) is 23.8 Å². The number of nitrogens with zero attached hydrogens (tertiary/aromatic N) is 2. The first-order valence-electron chi connectivity index (χ1n) is 6.81. The van der Waals surface area contributed by atoms with Crippen LogP contribution in [0.25, 0.3) is 0 Å².